The van der Waals surface area contributed by atoms with E-state index in [0.717, 1.165) is 31.8 Å². The van der Waals surface area contributed by atoms with Gasteiger partial charge in [-0.05, 0) is 29.9 Å². The summed E-state index contributed by atoms with van der Waals surface area (Å²) in [5.41, 5.74) is 2.61. The molecule has 1 aliphatic rings. The number of carbonyl (C=O) groups is 1. The molecule has 1 aromatic rings. The molecule has 0 radical (unpaired) electrons. The molecule has 0 saturated heterocycles. The van der Waals surface area contributed by atoms with Crippen LogP contribution in [0.4, 0.5) is 0 Å². The molecular weight excluding hydrogens is 248 g/mol. The van der Waals surface area contributed by atoms with Gasteiger partial charge in [-0.1, -0.05) is 51.0 Å². The first-order valence-electron chi connectivity index (χ1n) is 7.74. The molecule has 3 heteroatoms. The van der Waals surface area contributed by atoms with E-state index in [0.29, 0.717) is 0 Å². The van der Waals surface area contributed by atoms with Gasteiger partial charge in [0, 0.05) is 13.1 Å². The summed E-state index contributed by atoms with van der Waals surface area (Å²) in [5.74, 6) is 0.895. The Hall–Kier alpha value is -1.35. The molecule has 0 saturated carbocycles. The van der Waals surface area contributed by atoms with E-state index in [1.165, 1.54) is 24.0 Å². The van der Waals surface area contributed by atoms with Crippen molar-refractivity contribution in [1.29, 1.82) is 0 Å². The van der Waals surface area contributed by atoms with Gasteiger partial charge in [-0.15, -0.1) is 0 Å². The molecule has 110 valence electrons. The standard InChI is InChI=1S/C17H26N2O/c1-13(2)7-5-6-10-18-17(20)16-11-14-8-3-4-9-15(14)12-19-16/h3-4,8-9,13,16,19H,5-7,10-12H2,1-2H3,(H,18,20). The lowest BCUT2D eigenvalue weighted by Gasteiger charge is -2.25. The predicted octanol–water partition coefficient (Wildman–Crippen LogP) is 2.64. The maximum Gasteiger partial charge on any atom is 0.237 e. The molecule has 20 heavy (non-hydrogen) atoms. The summed E-state index contributed by atoms with van der Waals surface area (Å²) in [6.45, 7) is 6.07. The third kappa shape index (κ3) is 4.34. The van der Waals surface area contributed by atoms with E-state index in [-0.39, 0.29) is 11.9 Å². The monoisotopic (exact) mass is 274 g/mol. The molecule has 1 aliphatic heterocycles. The summed E-state index contributed by atoms with van der Waals surface area (Å²) in [7, 11) is 0. The van der Waals surface area contributed by atoms with Crippen LogP contribution in [0.15, 0.2) is 24.3 Å². The summed E-state index contributed by atoms with van der Waals surface area (Å²) in [6.07, 6.45) is 4.31. The van der Waals surface area contributed by atoms with E-state index in [4.69, 9.17) is 0 Å². The van der Waals surface area contributed by atoms with Crippen LogP contribution in [-0.4, -0.2) is 18.5 Å². The van der Waals surface area contributed by atoms with Gasteiger partial charge in [-0.25, -0.2) is 0 Å². The molecular formula is C17H26N2O. The number of unbranched alkanes of at least 4 members (excludes halogenated alkanes) is 1. The van der Waals surface area contributed by atoms with E-state index >= 15 is 0 Å². The van der Waals surface area contributed by atoms with Gasteiger partial charge in [0.25, 0.3) is 0 Å². The number of rotatable bonds is 6. The van der Waals surface area contributed by atoms with E-state index in [1.54, 1.807) is 0 Å². The zero-order valence-corrected chi connectivity index (χ0v) is 12.6. The Kier molecular flexibility index (Phi) is 5.60. The summed E-state index contributed by atoms with van der Waals surface area (Å²) >= 11 is 0. The van der Waals surface area contributed by atoms with Gasteiger partial charge in [-0.2, -0.15) is 0 Å². The summed E-state index contributed by atoms with van der Waals surface area (Å²) < 4.78 is 0. The fourth-order valence-electron chi connectivity index (χ4n) is 2.65. The molecule has 0 fully saturated rings. The van der Waals surface area contributed by atoms with Gasteiger partial charge in [0.05, 0.1) is 6.04 Å². The number of benzene rings is 1. The predicted molar refractivity (Wildman–Crippen MR) is 82.5 cm³/mol. The van der Waals surface area contributed by atoms with Crippen molar-refractivity contribution in [3.05, 3.63) is 35.4 Å². The molecule has 0 spiro atoms. The van der Waals surface area contributed by atoms with Crippen molar-refractivity contribution in [2.45, 2.75) is 52.1 Å². The van der Waals surface area contributed by atoms with Crippen LogP contribution in [0.2, 0.25) is 0 Å². The van der Waals surface area contributed by atoms with E-state index in [9.17, 15) is 4.79 Å². The van der Waals surface area contributed by atoms with Crippen LogP contribution in [0, 0.1) is 5.92 Å². The minimum atomic E-state index is -0.0741. The van der Waals surface area contributed by atoms with E-state index in [1.807, 2.05) is 6.07 Å². The third-order valence-electron chi connectivity index (χ3n) is 3.91. The van der Waals surface area contributed by atoms with Gasteiger partial charge < -0.3 is 10.6 Å². The number of nitrogens with one attached hydrogen (secondary N) is 2. The first kappa shape index (κ1) is 15.0. The third-order valence-corrected chi connectivity index (χ3v) is 3.91. The highest BCUT2D eigenvalue weighted by Crippen LogP contribution is 2.16. The van der Waals surface area contributed by atoms with Crippen LogP contribution < -0.4 is 10.6 Å². The maximum atomic E-state index is 12.1. The SMILES string of the molecule is CC(C)CCCCNC(=O)C1Cc2ccccc2CN1. The Balaban J connectivity index is 1.72. The smallest absolute Gasteiger partial charge is 0.237 e. The highest BCUT2D eigenvalue weighted by Gasteiger charge is 2.23. The van der Waals surface area contributed by atoms with Crippen LogP contribution >= 0.6 is 0 Å². The van der Waals surface area contributed by atoms with Crippen molar-refractivity contribution in [3.8, 4) is 0 Å². The Bertz CT molecular complexity index is 442. The Morgan fingerprint density at radius 3 is 2.80 bits per heavy atom. The lowest BCUT2D eigenvalue weighted by Crippen LogP contribution is -2.47. The number of hydrogen-bond donors (Lipinski definition) is 2. The molecule has 0 aromatic heterocycles. The first-order chi connectivity index (χ1) is 9.66. The lowest BCUT2D eigenvalue weighted by atomic mass is 9.95. The fraction of sp³-hybridized carbons (Fsp3) is 0.588. The number of amides is 1. The Labute approximate surface area is 122 Å². The van der Waals surface area contributed by atoms with Crippen molar-refractivity contribution in [3.63, 3.8) is 0 Å². The number of carbonyl (C=O) groups excluding carboxylic acids is 1. The highest BCUT2D eigenvalue weighted by molar-refractivity contribution is 5.82. The molecule has 1 aromatic carbocycles. The number of fused-ring (bicyclic) bond motifs is 1. The molecule has 2 N–H and O–H groups in total. The molecule has 1 unspecified atom stereocenters. The first-order valence-corrected chi connectivity index (χ1v) is 7.74. The Morgan fingerprint density at radius 2 is 2.05 bits per heavy atom. The van der Waals surface area contributed by atoms with Crippen molar-refractivity contribution < 1.29 is 4.79 Å². The van der Waals surface area contributed by atoms with Crippen molar-refractivity contribution in [1.82, 2.24) is 10.6 Å². The van der Waals surface area contributed by atoms with Gasteiger partial charge in [0.2, 0.25) is 5.91 Å². The summed E-state index contributed by atoms with van der Waals surface area (Å²) in [6, 6.07) is 8.28. The average molecular weight is 274 g/mol. The molecule has 2 rings (SSSR count). The fourth-order valence-corrected chi connectivity index (χ4v) is 2.65. The van der Waals surface area contributed by atoms with Gasteiger partial charge >= 0.3 is 0 Å². The average Bonchev–Trinajstić information content (AvgIpc) is 2.46. The summed E-state index contributed by atoms with van der Waals surface area (Å²) in [5, 5.41) is 6.38. The van der Waals surface area contributed by atoms with Crippen LogP contribution in [0.1, 0.15) is 44.2 Å². The van der Waals surface area contributed by atoms with Crippen molar-refractivity contribution >= 4 is 5.91 Å². The zero-order valence-electron chi connectivity index (χ0n) is 12.6. The molecule has 1 heterocycles. The van der Waals surface area contributed by atoms with E-state index < -0.39 is 0 Å². The van der Waals surface area contributed by atoms with Crippen LogP contribution in [0.25, 0.3) is 0 Å². The van der Waals surface area contributed by atoms with Gasteiger partial charge in [0.15, 0.2) is 0 Å². The second-order valence-corrected chi connectivity index (χ2v) is 6.09. The van der Waals surface area contributed by atoms with Crippen molar-refractivity contribution in [2.24, 2.45) is 5.92 Å². The molecule has 0 bridgehead atoms. The maximum absolute atomic E-state index is 12.1. The summed E-state index contributed by atoms with van der Waals surface area (Å²) in [4.78, 5) is 12.1. The lowest BCUT2D eigenvalue weighted by molar-refractivity contribution is -0.123. The molecule has 1 amide bonds. The minimum absolute atomic E-state index is 0.0741. The highest BCUT2D eigenvalue weighted by atomic mass is 16.2. The topological polar surface area (TPSA) is 41.1 Å². The zero-order chi connectivity index (χ0) is 14.4. The van der Waals surface area contributed by atoms with Crippen LogP contribution in [-0.2, 0) is 17.8 Å². The quantitative estimate of drug-likeness (QED) is 0.783. The molecule has 3 nitrogen and oxygen atoms in total. The second-order valence-electron chi connectivity index (χ2n) is 6.09. The largest absolute Gasteiger partial charge is 0.355 e. The Morgan fingerprint density at radius 1 is 1.30 bits per heavy atom. The minimum Gasteiger partial charge on any atom is -0.355 e. The van der Waals surface area contributed by atoms with Gasteiger partial charge in [0.1, 0.15) is 0 Å². The number of hydrogen-bond acceptors (Lipinski definition) is 2. The molecule has 1 atom stereocenters. The van der Waals surface area contributed by atoms with Crippen molar-refractivity contribution in [2.75, 3.05) is 6.54 Å². The molecule has 0 aliphatic carbocycles. The van der Waals surface area contributed by atoms with Crippen LogP contribution in [0.5, 0.6) is 0 Å². The van der Waals surface area contributed by atoms with Gasteiger partial charge in [-0.3, -0.25) is 4.79 Å². The normalized spacial score (nSPS) is 17.9. The van der Waals surface area contributed by atoms with Crippen LogP contribution in [0.3, 0.4) is 0 Å². The van der Waals surface area contributed by atoms with E-state index in [2.05, 4.69) is 42.7 Å². The second kappa shape index (κ2) is 7.44.